The SMILES string of the molecule is CC1CC1c1ccc(CN(C)C(=O)c2ccccc2N)o1. The van der Waals surface area contributed by atoms with Gasteiger partial charge in [-0.15, -0.1) is 0 Å². The van der Waals surface area contributed by atoms with E-state index in [1.54, 1.807) is 24.1 Å². The molecule has 2 N–H and O–H groups in total. The van der Waals surface area contributed by atoms with Crippen molar-refractivity contribution in [1.82, 2.24) is 4.90 Å². The fraction of sp³-hybridized carbons (Fsp3) is 0.353. The summed E-state index contributed by atoms with van der Waals surface area (Å²) in [5, 5.41) is 0. The molecule has 21 heavy (non-hydrogen) atoms. The van der Waals surface area contributed by atoms with Crippen LogP contribution in [0.2, 0.25) is 0 Å². The lowest BCUT2D eigenvalue weighted by Gasteiger charge is -2.16. The Labute approximate surface area is 124 Å². The lowest BCUT2D eigenvalue weighted by atomic mass is 10.1. The smallest absolute Gasteiger partial charge is 0.256 e. The number of carbonyl (C=O) groups is 1. The molecule has 3 rings (SSSR count). The molecule has 1 fully saturated rings. The number of furan rings is 1. The number of carbonyl (C=O) groups excluding carboxylic acids is 1. The van der Waals surface area contributed by atoms with Crippen molar-refractivity contribution in [1.29, 1.82) is 0 Å². The van der Waals surface area contributed by atoms with E-state index in [1.807, 2.05) is 24.3 Å². The van der Waals surface area contributed by atoms with Crippen molar-refractivity contribution < 1.29 is 9.21 Å². The summed E-state index contributed by atoms with van der Waals surface area (Å²) in [5.74, 6) is 3.04. The molecule has 4 nitrogen and oxygen atoms in total. The van der Waals surface area contributed by atoms with Gasteiger partial charge in [0, 0.05) is 18.7 Å². The van der Waals surface area contributed by atoms with Crippen molar-refractivity contribution in [2.75, 3.05) is 12.8 Å². The summed E-state index contributed by atoms with van der Waals surface area (Å²) in [5.41, 5.74) is 6.88. The number of amides is 1. The highest BCUT2D eigenvalue weighted by atomic mass is 16.3. The van der Waals surface area contributed by atoms with E-state index < -0.39 is 0 Å². The fourth-order valence-corrected chi connectivity index (χ4v) is 2.60. The van der Waals surface area contributed by atoms with Crippen molar-refractivity contribution in [3.05, 3.63) is 53.5 Å². The summed E-state index contributed by atoms with van der Waals surface area (Å²) >= 11 is 0. The Morgan fingerprint density at radius 1 is 1.33 bits per heavy atom. The average Bonchev–Trinajstić information content (AvgIpc) is 3.01. The van der Waals surface area contributed by atoms with Gasteiger partial charge in [-0.2, -0.15) is 0 Å². The standard InChI is InChI=1S/C17H20N2O2/c1-11-9-14(11)16-8-7-12(21-16)10-19(2)17(20)13-5-3-4-6-15(13)18/h3-8,11,14H,9-10,18H2,1-2H3. The molecule has 110 valence electrons. The molecule has 1 aromatic heterocycles. The van der Waals surface area contributed by atoms with Gasteiger partial charge in [0.25, 0.3) is 5.91 Å². The Morgan fingerprint density at radius 2 is 2.05 bits per heavy atom. The van der Waals surface area contributed by atoms with Crippen LogP contribution >= 0.6 is 0 Å². The van der Waals surface area contributed by atoms with Crippen LogP contribution in [0.4, 0.5) is 5.69 Å². The highest BCUT2D eigenvalue weighted by Gasteiger charge is 2.36. The summed E-state index contributed by atoms with van der Waals surface area (Å²) in [6.07, 6.45) is 1.20. The molecular formula is C17H20N2O2. The number of benzene rings is 1. The Morgan fingerprint density at radius 3 is 2.71 bits per heavy atom. The zero-order valence-electron chi connectivity index (χ0n) is 12.4. The number of hydrogen-bond donors (Lipinski definition) is 1. The normalized spacial score (nSPS) is 20.3. The van der Waals surface area contributed by atoms with Gasteiger partial charge >= 0.3 is 0 Å². The minimum atomic E-state index is -0.0918. The second-order valence-corrected chi connectivity index (χ2v) is 5.87. The number of nitrogen functional groups attached to an aromatic ring is 1. The molecule has 0 saturated heterocycles. The van der Waals surface area contributed by atoms with Gasteiger partial charge < -0.3 is 15.1 Å². The van der Waals surface area contributed by atoms with Crippen molar-refractivity contribution in [2.24, 2.45) is 5.92 Å². The molecule has 0 radical (unpaired) electrons. The van der Waals surface area contributed by atoms with E-state index in [0.717, 1.165) is 11.5 Å². The highest BCUT2D eigenvalue weighted by molar-refractivity contribution is 5.98. The van der Waals surface area contributed by atoms with E-state index in [0.29, 0.717) is 29.6 Å². The van der Waals surface area contributed by atoms with Crippen LogP contribution in [-0.4, -0.2) is 17.9 Å². The topological polar surface area (TPSA) is 59.5 Å². The monoisotopic (exact) mass is 284 g/mol. The molecule has 1 aromatic carbocycles. The van der Waals surface area contributed by atoms with E-state index in [9.17, 15) is 4.79 Å². The molecule has 1 aliphatic rings. The summed E-state index contributed by atoms with van der Waals surface area (Å²) in [7, 11) is 1.76. The third-order valence-electron chi connectivity index (χ3n) is 4.09. The van der Waals surface area contributed by atoms with Gasteiger partial charge in [0.1, 0.15) is 11.5 Å². The first kappa shape index (κ1) is 13.7. The Kier molecular flexibility index (Phi) is 3.45. The predicted molar refractivity (Wildman–Crippen MR) is 81.9 cm³/mol. The Bertz CT molecular complexity index is 662. The van der Waals surface area contributed by atoms with Crippen LogP contribution < -0.4 is 5.73 Å². The van der Waals surface area contributed by atoms with Crippen LogP contribution in [-0.2, 0) is 6.54 Å². The molecule has 1 saturated carbocycles. The molecule has 0 aliphatic heterocycles. The zero-order chi connectivity index (χ0) is 15.0. The second kappa shape index (κ2) is 5.28. The minimum Gasteiger partial charge on any atom is -0.464 e. The van der Waals surface area contributed by atoms with Gasteiger partial charge in [-0.3, -0.25) is 4.79 Å². The number of para-hydroxylation sites is 1. The van der Waals surface area contributed by atoms with Crippen LogP contribution in [0.3, 0.4) is 0 Å². The van der Waals surface area contributed by atoms with E-state index in [4.69, 9.17) is 10.2 Å². The maximum absolute atomic E-state index is 12.4. The summed E-state index contributed by atoms with van der Waals surface area (Å²) < 4.78 is 5.84. The number of hydrogen-bond acceptors (Lipinski definition) is 3. The van der Waals surface area contributed by atoms with Crippen LogP contribution in [0.25, 0.3) is 0 Å². The van der Waals surface area contributed by atoms with Gasteiger partial charge in [0.15, 0.2) is 0 Å². The lowest BCUT2D eigenvalue weighted by molar-refractivity contribution is 0.0776. The van der Waals surface area contributed by atoms with Crippen LogP contribution in [0, 0.1) is 5.92 Å². The number of nitrogens with zero attached hydrogens (tertiary/aromatic N) is 1. The number of nitrogens with two attached hydrogens (primary N) is 1. The number of anilines is 1. The van der Waals surface area contributed by atoms with Crippen LogP contribution in [0.15, 0.2) is 40.8 Å². The maximum Gasteiger partial charge on any atom is 0.256 e. The Hall–Kier alpha value is -2.23. The third kappa shape index (κ3) is 2.79. The predicted octanol–water partition coefficient (Wildman–Crippen LogP) is 3.26. The van der Waals surface area contributed by atoms with E-state index >= 15 is 0 Å². The molecule has 1 amide bonds. The fourth-order valence-electron chi connectivity index (χ4n) is 2.60. The molecular weight excluding hydrogens is 264 g/mol. The molecule has 0 bridgehead atoms. The maximum atomic E-state index is 12.4. The van der Waals surface area contributed by atoms with Crippen molar-refractivity contribution in [3.63, 3.8) is 0 Å². The summed E-state index contributed by atoms with van der Waals surface area (Å²) in [6.45, 7) is 2.68. The van der Waals surface area contributed by atoms with Gasteiger partial charge in [-0.05, 0) is 36.6 Å². The van der Waals surface area contributed by atoms with Crippen molar-refractivity contribution >= 4 is 11.6 Å². The van der Waals surface area contributed by atoms with Gasteiger partial charge in [0.2, 0.25) is 0 Å². The molecule has 2 atom stereocenters. The first-order valence-corrected chi connectivity index (χ1v) is 7.25. The first-order chi connectivity index (χ1) is 10.1. The van der Waals surface area contributed by atoms with Gasteiger partial charge in [0.05, 0.1) is 12.1 Å². The van der Waals surface area contributed by atoms with E-state index in [2.05, 4.69) is 6.92 Å². The third-order valence-corrected chi connectivity index (χ3v) is 4.09. The quantitative estimate of drug-likeness (QED) is 0.877. The first-order valence-electron chi connectivity index (χ1n) is 7.25. The van der Waals surface area contributed by atoms with Crippen LogP contribution in [0.1, 0.15) is 41.1 Å². The highest BCUT2D eigenvalue weighted by Crippen LogP contribution is 2.47. The largest absolute Gasteiger partial charge is 0.464 e. The lowest BCUT2D eigenvalue weighted by Crippen LogP contribution is -2.26. The van der Waals surface area contributed by atoms with Crippen LogP contribution in [0.5, 0.6) is 0 Å². The van der Waals surface area contributed by atoms with E-state index in [-0.39, 0.29) is 5.91 Å². The van der Waals surface area contributed by atoms with E-state index in [1.165, 1.54) is 6.42 Å². The molecule has 2 unspecified atom stereocenters. The van der Waals surface area contributed by atoms with Crippen molar-refractivity contribution in [3.8, 4) is 0 Å². The minimum absolute atomic E-state index is 0.0918. The zero-order valence-corrected chi connectivity index (χ0v) is 12.4. The van der Waals surface area contributed by atoms with Gasteiger partial charge in [-0.1, -0.05) is 19.1 Å². The van der Waals surface area contributed by atoms with Gasteiger partial charge in [-0.25, -0.2) is 0 Å². The molecule has 1 heterocycles. The summed E-state index contributed by atoms with van der Waals surface area (Å²) in [4.78, 5) is 14.0. The average molecular weight is 284 g/mol. The molecule has 1 aliphatic carbocycles. The number of rotatable bonds is 4. The Balaban J connectivity index is 1.68. The summed E-state index contributed by atoms with van der Waals surface area (Å²) in [6, 6.07) is 11.1. The van der Waals surface area contributed by atoms with Crippen molar-refractivity contribution in [2.45, 2.75) is 25.8 Å². The molecule has 2 aromatic rings. The molecule has 4 heteroatoms. The second-order valence-electron chi connectivity index (χ2n) is 5.87. The molecule has 0 spiro atoms.